The van der Waals surface area contributed by atoms with Gasteiger partial charge in [0, 0.05) is 0 Å². The number of carbonyl (C=O) groups excluding carboxylic acids is 1. The minimum Gasteiger partial charge on any atom is -0.348 e. The summed E-state index contributed by atoms with van der Waals surface area (Å²) in [5.74, 6) is 0.733. The zero-order valence-electron chi connectivity index (χ0n) is 13.3. The maximum atomic E-state index is 12.5. The lowest BCUT2D eigenvalue weighted by molar-refractivity contribution is -0.124. The largest absolute Gasteiger partial charge is 0.348 e. The molecule has 3 nitrogen and oxygen atoms in total. The summed E-state index contributed by atoms with van der Waals surface area (Å²) in [6, 6.07) is 14.5. The van der Waals surface area contributed by atoms with Gasteiger partial charge in [0.1, 0.15) is 0 Å². The smallest absolute Gasteiger partial charge is 0.237 e. The average Bonchev–Trinajstić information content (AvgIpc) is 2.54. The van der Waals surface area contributed by atoms with Crippen molar-refractivity contribution < 1.29 is 4.79 Å². The van der Waals surface area contributed by atoms with Gasteiger partial charge in [-0.15, -0.1) is 0 Å². The van der Waals surface area contributed by atoms with Gasteiger partial charge in [-0.3, -0.25) is 4.79 Å². The first-order valence-corrected chi connectivity index (χ1v) is 8.16. The highest BCUT2D eigenvalue weighted by Gasteiger charge is 2.25. The molecule has 3 rings (SSSR count). The van der Waals surface area contributed by atoms with Gasteiger partial charge in [-0.25, -0.2) is 0 Å². The second-order valence-electron chi connectivity index (χ2n) is 6.43. The molecule has 22 heavy (non-hydrogen) atoms. The second kappa shape index (κ2) is 6.49. The molecular weight excluding hydrogens is 272 g/mol. The number of nitrogens with one attached hydrogen (secondary N) is 2. The van der Waals surface area contributed by atoms with Crippen LogP contribution >= 0.6 is 0 Å². The number of carbonyl (C=O) groups is 1. The van der Waals surface area contributed by atoms with Crippen molar-refractivity contribution in [3.8, 4) is 0 Å². The van der Waals surface area contributed by atoms with Gasteiger partial charge in [0.15, 0.2) is 0 Å². The molecule has 0 spiro atoms. The summed E-state index contributed by atoms with van der Waals surface area (Å²) >= 11 is 0. The van der Waals surface area contributed by atoms with Crippen LogP contribution in [0.25, 0.3) is 10.8 Å². The van der Waals surface area contributed by atoms with E-state index < -0.39 is 0 Å². The fourth-order valence-electron chi connectivity index (χ4n) is 3.33. The van der Waals surface area contributed by atoms with Gasteiger partial charge in [-0.05, 0) is 48.6 Å². The first-order valence-electron chi connectivity index (χ1n) is 8.16. The second-order valence-corrected chi connectivity index (χ2v) is 6.43. The average molecular weight is 296 g/mol. The Labute approximate surface area is 132 Å². The maximum Gasteiger partial charge on any atom is 0.237 e. The summed E-state index contributed by atoms with van der Waals surface area (Å²) < 4.78 is 0. The van der Waals surface area contributed by atoms with E-state index in [1.165, 1.54) is 16.3 Å². The molecule has 3 atom stereocenters. The van der Waals surface area contributed by atoms with Crippen LogP contribution in [0.4, 0.5) is 0 Å². The number of hydrogen-bond acceptors (Lipinski definition) is 2. The number of piperidine rings is 1. The quantitative estimate of drug-likeness (QED) is 0.911. The highest BCUT2D eigenvalue weighted by molar-refractivity contribution is 5.87. The standard InChI is InChI=1S/C19H24N2O/c1-13-10-11-20-18(12-13)19(22)21-14(2)16-9-5-7-15-6-3-4-8-17(15)16/h3-9,13-14,18,20H,10-12H2,1-2H3,(H,21,22). The van der Waals surface area contributed by atoms with Crippen LogP contribution in [0.15, 0.2) is 42.5 Å². The predicted molar refractivity (Wildman–Crippen MR) is 90.7 cm³/mol. The fraction of sp³-hybridized carbons (Fsp3) is 0.421. The van der Waals surface area contributed by atoms with E-state index in [-0.39, 0.29) is 18.0 Å². The zero-order valence-corrected chi connectivity index (χ0v) is 13.3. The number of rotatable bonds is 3. The summed E-state index contributed by atoms with van der Waals surface area (Å²) in [6.45, 7) is 5.21. The molecule has 0 saturated carbocycles. The van der Waals surface area contributed by atoms with Crippen LogP contribution in [0, 0.1) is 5.92 Å². The molecule has 0 radical (unpaired) electrons. The van der Waals surface area contributed by atoms with Crippen molar-refractivity contribution >= 4 is 16.7 Å². The van der Waals surface area contributed by atoms with Crippen molar-refractivity contribution in [3.63, 3.8) is 0 Å². The van der Waals surface area contributed by atoms with E-state index >= 15 is 0 Å². The first kappa shape index (κ1) is 15.0. The van der Waals surface area contributed by atoms with Gasteiger partial charge in [0.05, 0.1) is 12.1 Å². The van der Waals surface area contributed by atoms with Crippen LogP contribution in [-0.2, 0) is 4.79 Å². The molecule has 0 bridgehead atoms. The maximum absolute atomic E-state index is 12.5. The molecule has 1 fully saturated rings. The lowest BCUT2D eigenvalue weighted by atomic mass is 9.93. The normalized spacial score (nSPS) is 23.2. The fourth-order valence-corrected chi connectivity index (χ4v) is 3.33. The topological polar surface area (TPSA) is 41.1 Å². The number of hydrogen-bond donors (Lipinski definition) is 2. The van der Waals surface area contributed by atoms with Gasteiger partial charge in [0.2, 0.25) is 5.91 Å². The molecule has 116 valence electrons. The first-order chi connectivity index (χ1) is 10.6. The molecule has 3 unspecified atom stereocenters. The van der Waals surface area contributed by atoms with E-state index in [1.807, 2.05) is 12.1 Å². The van der Waals surface area contributed by atoms with E-state index in [0.717, 1.165) is 19.4 Å². The Hall–Kier alpha value is -1.87. The SMILES string of the molecule is CC1CCNC(C(=O)NC(C)c2cccc3ccccc23)C1. The van der Waals surface area contributed by atoms with Crippen molar-refractivity contribution in [1.29, 1.82) is 0 Å². The van der Waals surface area contributed by atoms with E-state index in [2.05, 4.69) is 54.8 Å². The van der Waals surface area contributed by atoms with Crippen LogP contribution in [0.1, 0.15) is 38.3 Å². The van der Waals surface area contributed by atoms with Crippen LogP contribution < -0.4 is 10.6 Å². The molecule has 2 N–H and O–H groups in total. The molecule has 3 heteroatoms. The highest BCUT2D eigenvalue weighted by Crippen LogP contribution is 2.24. The lowest BCUT2D eigenvalue weighted by Gasteiger charge is -2.28. The van der Waals surface area contributed by atoms with Crippen LogP contribution in [0.2, 0.25) is 0 Å². The van der Waals surface area contributed by atoms with E-state index in [4.69, 9.17) is 0 Å². The molecule has 0 aromatic heterocycles. The molecule has 1 heterocycles. The van der Waals surface area contributed by atoms with Gasteiger partial charge in [-0.1, -0.05) is 49.4 Å². The molecule has 1 aliphatic heterocycles. The minimum atomic E-state index is -0.0545. The third-order valence-electron chi connectivity index (χ3n) is 4.63. The summed E-state index contributed by atoms with van der Waals surface area (Å²) in [5.41, 5.74) is 1.18. The third kappa shape index (κ3) is 3.14. The van der Waals surface area contributed by atoms with Gasteiger partial charge in [-0.2, -0.15) is 0 Å². The summed E-state index contributed by atoms with van der Waals surface area (Å²) in [4.78, 5) is 12.5. The Morgan fingerprint density at radius 1 is 1.23 bits per heavy atom. The van der Waals surface area contributed by atoms with Crippen molar-refractivity contribution in [1.82, 2.24) is 10.6 Å². The van der Waals surface area contributed by atoms with E-state index in [0.29, 0.717) is 5.92 Å². The Morgan fingerprint density at radius 3 is 2.82 bits per heavy atom. The van der Waals surface area contributed by atoms with Crippen molar-refractivity contribution in [3.05, 3.63) is 48.0 Å². The Balaban J connectivity index is 1.75. The minimum absolute atomic E-state index is 0.0117. The highest BCUT2D eigenvalue weighted by atomic mass is 16.2. The van der Waals surface area contributed by atoms with Crippen LogP contribution in [0.3, 0.4) is 0 Å². The molecule has 0 aliphatic carbocycles. The van der Waals surface area contributed by atoms with E-state index in [9.17, 15) is 4.79 Å². The predicted octanol–water partition coefficient (Wildman–Crippen LogP) is 3.41. The van der Waals surface area contributed by atoms with Crippen molar-refractivity contribution in [2.24, 2.45) is 5.92 Å². The molecule has 1 saturated heterocycles. The summed E-state index contributed by atoms with van der Waals surface area (Å²) in [6.07, 6.45) is 2.08. The number of amides is 1. The molecule has 1 aliphatic rings. The number of fused-ring (bicyclic) bond motifs is 1. The number of benzene rings is 2. The molecule has 2 aromatic carbocycles. The Bertz CT molecular complexity index is 662. The lowest BCUT2D eigenvalue weighted by Crippen LogP contribution is -2.48. The Morgan fingerprint density at radius 2 is 2.00 bits per heavy atom. The molecule has 2 aromatic rings. The van der Waals surface area contributed by atoms with Gasteiger partial charge in [0.25, 0.3) is 0 Å². The van der Waals surface area contributed by atoms with Gasteiger partial charge < -0.3 is 10.6 Å². The Kier molecular flexibility index (Phi) is 4.44. The van der Waals surface area contributed by atoms with Crippen molar-refractivity contribution in [2.45, 2.75) is 38.8 Å². The summed E-state index contributed by atoms with van der Waals surface area (Å²) in [7, 11) is 0. The van der Waals surface area contributed by atoms with E-state index in [1.54, 1.807) is 0 Å². The zero-order chi connectivity index (χ0) is 15.5. The summed E-state index contributed by atoms with van der Waals surface area (Å²) in [5, 5.41) is 8.93. The molecule has 1 amide bonds. The van der Waals surface area contributed by atoms with Crippen LogP contribution in [-0.4, -0.2) is 18.5 Å². The van der Waals surface area contributed by atoms with Crippen LogP contribution in [0.5, 0.6) is 0 Å². The van der Waals surface area contributed by atoms with Gasteiger partial charge >= 0.3 is 0 Å². The third-order valence-corrected chi connectivity index (χ3v) is 4.63. The monoisotopic (exact) mass is 296 g/mol. The molecular formula is C19H24N2O. The van der Waals surface area contributed by atoms with Crippen molar-refractivity contribution in [2.75, 3.05) is 6.54 Å².